The van der Waals surface area contributed by atoms with Crippen molar-refractivity contribution in [3.8, 4) is 0 Å². The Morgan fingerprint density at radius 2 is 2.00 bits per heavy atom. The van der Waals surface area contributed by atoms with Crippen LogP contribution in [0, 0.1) is 5.92 Å². The van der Waals surface area contributed by atoms with Gasteiger partial charge in [-0.3, -0.25) is 4.79 Å². The number of ether oxygens (including phenoxy) is 2. The summed E-state index contributed by atoms with van der Waals surface area (Å²) in [7, 11) is -3.70. The number of hydrogen-bond donors (Lipinski definition) is 1. The zero-order valence-corrected chi connectivity index (χ0v) is 16.0. The molecular weight excluding hydrogens is 372 g/mol. The maximum atomic E-state index is 12.7. The number of esters is 1. The molecular formula is C18H24N2O6S. The third kappa shape index (κ3) is 5.06. The number of amides is 1. The molecule has 0 radical (unpaired) electrons. The summed E-state index contributed by atoms with van der Waals surface area (Å²) in [6.45, 7) is 2.77. The van der Waals surface area contributed by atoms with Crippen molar-refractivity contribution in [1.29, 1.82) is 0 Å². The number of nitrogens with zero attached hydrogens (tertiary/aromatic N) is 1. The van der Waals surface area contributed by atoms with Crippen LogP contribution in [0.3, 0.4) is 0 Å². The van der Waals surface area contributed by atoms with Crippen molar-refractivity contribution in [2.75, 3.05) is 32.9 Å². The predicted octanol–water partition coefficient (Wildman–Crippen LogP) is 0.779. The number of morpholine rings is 1. The summed E-state index contributed by atoms with van der Waals surface area (Å²) < 4.78 is 36.9. The van der Waals surface area contributed by atoms with Crippen LogP contribution in [0.4, 0.5) is 0 Å². The topological polar surface area (TPSA) is 102 Å². The first-order chi connectivity index (χ1) is 12.9. The summed E-state index contributed by atoms with van der Waals surface area (Å²) in [5, 5.41) is 2.80. The highest BCUT2D eigenvalue weighted by Gasteiger charge is 2.29. The molecule has 0 unspecified atom stereocenters. The molecule has 8 nitrogen and oxygen atoms in total. The highest BCUT2D eigenvalue weighted by molar-refractivity contribution is 7.89. The lowest BCUT2D eigenvalue weighted by Crippen LogP contribution is -2.40. The van der Waals surface area contributed by atoms with E-state index in [1.54, 1.807) is 0 Å². The molecule has 2 fully saturated rings. The summed E-state index contributed by atoms with van der Waals surface area (Å²) in [5.41, 5.74) is 0.0902. The standard InChI is InChI=1S/C18H24N2O6S/c1-13(14-5-6-14)19-17(21)12-26-18(22)15-3-2-4-16(11-15)27(23,24)20-7-9-25-10-8-20/h2-4,11,13-14H,5-10,12H2,1H3,(H,19,21)/t13-/m0/s1. The highest BCUT2D eigenvalue weighted by Crippen LogP contribution is 2.32. The molecule has 27 heavy (non-hydrogen) atoms. The number of carbonyl (C=O) groups is 2. The van der Waals surface area contributed by atoms with E-state index < -0.39 is 22.6 Å². The van der Waals surface area contributed by atoms with Crippen molar-refractivity contribution in [3.05, 3.63) is 29.8 Å². The van der Waals surface area contributed by atoms with Crippen LogP contribution in [0.2, 0.25) is 0 Å². The molecule has 1 saturated carbocycles. The first-order valence-corrected chi connectivity index (χ1v) is 10.5. The molecule has 1 N–H and O–H groups in total. The van der Waals surface area contributed by atoms with Gasteiger partial charge in [-0.1, -0.05) is 6.07 Å². The molecule has 9 heteroatoms. The van der Waals surface area contributed by atoms with Crippen molar-refractivity contribution < 1.29 is 27.5 Å². The van der Waals surface area contributed by atoms with Gasteiger partial charge in [-0.15, -0.1) is 0 Å². The molecule has 1 aliphatic carbocycles. The second kappa shape index (κ2) is 8.37. The number of benzene rings is 1. The molecule has 1 aromatic carbocycles. The van der Waals surface area contributed by atoms with E-state index in [2.05, 4.69) is 5.32 Å². The summed E-state index contributed by atoms with van der Waals surface area (Å²) >= 11 is 0. The van der Waals surface area contributed by atoms with Gasteiger partial charge < -0.3 is 14.8 Å². The quantitative estimate of drug-likeness (QED) is 0.684. The summed E-state index contributed by atoms with van der Waals surface area (Å²) in [5.74, 6) is -0.588. The molecule has 1 heterocycles. The Hall–Kier alpha value is -1.97. The molecule has 1 atom stereocenters. The van der Waals surface area contributed by atoms with Gasteiger partial charge in [0.05, 0.1) is 23.7 Å². The van der Waals surface area contributed by atoms with E-state index in [0.717, 1.165) is 12.8 Å². The lowest BCUT2D eigenvalue weighted by Gasteiger charge is -2.26. The zero-order valence-electron chi connectivity index (χ0n) is 15.2. The van der Waals surface area contributed by atoms with Crippen LogP contribution in [0.5, 0.6) is 0 Å². The lowest BCUT2D eigenvalue weighted by atomic mass is 10.2. The molecule has 148 valence electrons. The molecule has 2 aliphatic rings. The van der Waals surface area contributed by atoms with Crippen LogP contribution >= 0.6 is 0 Å². The van der Waals surface area contributed by atoms with Gasteiger partial charge in [-0.2, -0.15) is 4.31 Å². The van der Waals surface area contributed by atoms with Crippen LogP contribution < -0.4 is 5.32 Å². The summed E-state index contributed by atoms with van der Waals surface area (Å²) in [6.07, 6.45) is 2.21. The Morgan fingerprint density at radius 1 is 1.30 bits per heavy atom. The molecule has 1 aromatic rings. The molecule has 0 spiro atoms. The van der Waals surface area contributed by atoms with E-state index in [9.17, 15) is 18.0 Å². The third-order valence-corrected chi connectivity index (χ3v) is 6.62. The summed E-state index contributed by atoms with van der Waals surface area (Å²) in [4.78, 5) is 24.1. The molecule has 1 saturated heterocycles. The van der Waals surface area contributed by atoms with Gasteiger partial charge >= 0.3 is 5.97 Å². The molecule has 1 aliphatic heterocycles. The second-order valence-corrected chi connectivity index (χ2v) is 8.75. The number of carbonyl (C=O) groups excluding carboxylic acids is 2. The first-order valence-electron chi connectivity index (χ1n) is 9.02. The van der Waals surface area contributed by atoms with Crippen molar-refractivity contribution in [3.63, 3.8) is 0 Å². The van der Waals surface area contributed by atoms with Crippen molar-refractivity contribution in [2.45, 2.75) is 30.7 Å². The van der Waals surface area contributed by atoms with Crippen molar-refractivity contribution in [1.82, 2.24) is 9.62 Å². The van der Waals surface area contributed by atoms with Gasteiger partial charge in [0.15, 0.2) is 6.61 Å². The van der Waals surface area contributed by atoms with E-state index >= 15 is 0 Å². The molecule has 0 aromatic heterocycles. The average Bonchev–Trinajstić information content (AvgIpc) is 3.52. The zero-order chi connectivity index (χ0) is 19.4. The van der Waals surface area contributed by atoms with Crippen LogP contribution in [-0.4, -0.2) is 63.6 Å². The fourth-order valence-electron chi connectivity index (χ4n) is 2.94. The van der Waals surface area contributed by atoms with Crippen LogP contribution in [0.1, 0.15) is 30.1 Å². The largest absolute Gasteiger partial charge is 0.452 e. The van der Waals surface area contributed by atoms with Gasteiger partial charge in [0, 0.05) is 19.1 Å². The van der Waals surface area contributed by atoms with E-state index in [4.69, 9.17) is 9.47 Å². The Morgan fingerprint density at radius 3 is 2.67 bits per heavy atom. The maximum Gasteiger partial charge on any atom is 0.338 e. The van der Waals surface area contributed by atoms with E-state index in [1.165, 1.54) is 28.6 Å². The average molecular weight is 396 g/mol. The van der Waals surface area contributed by atoms with Gasteiger partial charge in [0.2, 0.25) is 10.0 Å². The molecule has 3 rings (SSSR count). The number of hydrogen-bond acceptors (Lipinski definition) is 6. The highest BCUT2D eigenvalue weighted by atomic mass is 32.2. The van der Waals surface area contributed by atoms with E-state index in [-0.39, 0.29) is 35.5 Å². The molecule has 0 bridgehead atoms. The van der Waals surface area contributed by atoms with E-state index in [1.807, 2.05) is 6.92 Å². The van der Waals surface area contributed by atoms with Crippen molar-refractivity contribution in [2.24, 2.45) is 5.92 Å². The van der Waals surface area contributed by atoms with Gasteiger partial charge in [0.1, 0.15) is 0 Å². The second-order valence-electron chi connectivity index (χ2n) is 6.81. The Bertz CT molecular complexity index is 800. The summed E-state index contributed by atoms with van der Waals surface area (Å²) in [6, 6.07) is 5.73. The SMILES string of the molecule is C[C@H](NC(=O)COC(=O)c1cccc(S(=O)(=O)N2CCOCC2)c1)C1CC1. The maximum absolute atomic E-state index is 12.7. The van der Waals surface area contributed by atoms with Crippen molar-refractivity contribution >= 4 is 21.9 Å². The van der Waals surface area contributed by atoms with Gasteiger partial charge in [-0.25, -0.2) is 13.2 Å². The minimum atomic E-state index is -3.70. The lowest BCUT2D eigenvalue weighted by molar-refractivity contribution is -0.124. The minimum absolute atomic E-state index is 0.0191. The van der Waals surface area contributed by atoms with Gasteiger partial charge in [0.25, 0.3) is 5.91 Å². The van der Waals surface area contributed by atoms with Crippen LogP contribution in [0.25, 0.3) is 0 Å². The number of nitrogens with one attached hydrogen (secondary N) is 1. The normalized spacial score (nSPS) is 19.3. The number of sulfonamides is 1. The predicted molar refractivity (Wildman–Crippen MR) is 96.6 cm³/mol. The Labute approximate surface area is 158 Å². The molecule has 1 amide bonds. The first kappa shape index (κ1) is 19.8. The minimum Gasteiger partial charge on any atom is -0.452 e. The Kier molecular flexibility index (Phi) is 6.13. The van der Waals surface area contributed by atoms with Gasteiger partial charge in [-0.05, 0) is 43.9 Å². The third-order valence-electron chi connectivity index (χ3n) is 4.73. The van der Waals surface area contributed by atoms with Crippen LogP contribution in [0.15, 0.2) is 29.2 Å². The number of rotatable bonds is 7. The smallest absolute Gasteiger partial charge is 0.338 e. The fraction of sp³-hybridized carbons (Fsp3) is 0.556. The monoisotopic (exact) mass is 396 g/mol. The Balaban J connectivity index is 1.60. The van der Waals surface area contributed by atoms with Crippen LogP contribution in [-0.2, 0) is 24.3 Å². The fourth-order valence-corrected chi connectivity index (χ4v) is 4.40. The van der Waals surface area contributed by atoms with E-state index in [0.29, 0.717) is 19.1 Å².